The van der Waals surface area contributed by atoms with E-state index >= 15 is 4.39 Å². The minimum atomic E-state index is -4.95. The van der Waals surface area contributed by atoms with Crippen molar-refractivity contribution in [2.75, 3.05) is 19.1 Å². The number of nitrogens with zero attached hydrogens (tertiary/aromatic N) is 1. The van der Waals surface area contributed by atoms with Crippen molar-refractivity contribution in [3.05, 3.63) is 83.2 Å². The third-order valence-corrected chi connectivity index (χ3v) is 7.33. The van der Waals surface area contributed by atoms with E-state index in [0.717, 1.165) is 17.2 Å². The van der Waals surface area contributed by atoms with Crippen LogP contribution < -0.4 is 19.8 Å². The molecule has 3 aromatic rings. The molecule has 4 rings (SSSR count). The van der Waals surface area contributed by atoms with Gasteiger partial charge >= 0.3 is 13.3 Å². The Hall–Kier alpha value is -3.24. The van der Waals surface area contributed by atoms with Crippen LogP contribution in [0.2, 0.25) is 0 Å². The van der Waals surface area contributed by atoms with Crippen LogP contribution in [0.25, 0.3) is 0 Å². The summed E-state index contributed by atoms with van der Waals surface area (Å²) in [4.78, 5) is 1.81. The van der Waals surface area contributed by atoms with Gasteiger partial charge in [-0.25, -0.2) is 4.39 Å². The first-order chi connectivity index (χ1) is 18.2. The highest BCUT2D eigenvalue weighted by Crippen LogP contribution is 2.39. The molecule has 0 saturated carbocycles. The molecule has 1 aliphatic rings. The van der Waals surface area contributed by atoms with E-state index in [0.29, 0.717) is 24.6 Å². The van der Waals surface area contributed by atoms with Crippen LogP contribution in [-0.2, 0) is 28.6 Å². The molecule has 0 spiro atoms. The predicted octanol–water partition coefficient (Wildman–Crippen LogP) is 6.37. The van der Waals surface area contributed by atoms with E-state index < -0.39 is 41.3 Å². The number of alkyl halides is 3. The van der Waals surface area contributed by atoms with E-state index in [4.69, 9.17) is 18.8 Å². The van der Waals surface area contributed by atoms with Gasteiger partial charge in [0.15, 0.2) is 0 Å². The second kappa shape index (κ2) is 10.7. The molecule has 0 aromatic heterocycles. The molecule has 3 aromatic carbocycles. The number of rotatable bonds is 8. The van der Waals surface area contributed by atoms with Crippen LogP contribution in [0.4, 0.5) is 23.2 Å². The lowest BCUT2D eigenvalue weighted by atomic mass is 9.75. The molecule has 1 saturated heterocycles. The summed E-state index contributed by atoms with van der Waals surface area (Å²) in [5.74, 6) is -0.0488. The highest BCUT2D eigenvalue weighted by molar-refractivity contribution is 6.62. The molecule has 0 aliphatic carbocycles. The van der Waals surface area contributed by atoms with Gasteiger partial charge in [-0.1, -0.05) is 24.3 Å². The van der Waals surface area contributed by atoms with Gasteiger partial charge in [0.05, 0.1) is 31.0 Å². The number of hydrogen-bond donors (Lipinski definition) is 0. The monoisotopic (exact) mass is 545 g/mol. The minimum Gasteiger partial charge on any atom is -0.497 e. The molecular formula is C29H32BF4NO4. The standard InChI is InChI=1S/C29H32BF4NO4/c1-27(2)28(3,4)39-30(38-27)24-15-21(16-25(31)26(24)29(32,33)34)35(17-19-7-11-22(36-5)12-8-19)18-20-9-13-23(37-6)14-10-20/h7-16H,17-18H2,1-6H3. The smallest absolute Gasteiger partial charge is 0.495 e. The molecule has 10 heteroatoms. The SMILES string of the molecule is COc1ccc(CN(Cc2ccc(OC)cc2)c2cc(F)c(C(F)(F)F)c(B3OC(C)(C)C(C)(C)O3)c2)cc1. The molecule has 1 fully saturated rings. The Morgan fingerprint density at radius 1 is 0.769 bits per heavy atom. The molecule has 1 heterocycles. The Morgan fingerprint density at radius 2 is 1.21 bits per heavy atom. The number of benzene rings is 3. The predicted molar refractivity (Wildman–Crippen MR) is 143 cm³/mol. The summed E-state index contributed by atoms with van der Waals surface area (Å²) in [6, 6.07) is 16.9. The Labute approximate surface area is 226 Å². The highest BCUT2D eigenvalue weighted by Gasteiger charge is 2.54. The topological polar surface area (TPSA) is 40.2 Å². The van der Waals surface area contributed by atoms with Crippen molar-refractivity contribution in [2.45, 2.75) is 58.2 Å². The lowest BCUT2D eigenvalue weighted by Gasteiger charge is -2.32. The second-order valence-electron chi connectivity index (χ2n) is 10.5. The minimum absolute atomic E-state index is 0.261. The number of halogens is 4. The number of methoxy groups -OCH3 is 2. The summed E-state index contributed by atoms with van der Waals surface area (Å²) in [6.07, 6.45) is -4.95. The number of ether oxygens (including phenoxy) is 2. The van der Waals surface area contributed by atoms with Crippen molar-refractivity contribution in [2.24, 2.45) is 0 Å². The zero-order valence-corrected chi connectivity index (χ0v) is 22.9. The van der Waals surface area contributed by atoms with Crippen LogP contribution in [-0.4, -0.2) is 32.5 Å². The second-order valence-corrected chi connectivity index (χ2v) is 10.5. The van der Waals surface area contributed by atoms with Gasteiger partial charge in [-0.2, -0.15) is 13.2 Å². The lowest BCUT2D eigenvalue weighted by molar-refractivity contribution is -0.139. The molecule has 5 nitrogen and oxygen atoms in total. The molecule has 0 unspecified atom stereocenters. The third kappa shape index (κ3) is 6.17. The summed E-state index contributed by atoms with van der Waals surface area (Å²) in [7, 11) is 1.73. The van der Waals surface area contributed by atoms with E-state index in [1.54, 1.807) is 66.2 Å². The third-order valence-electron chi connectivity index (χ3n) is 7.33. The quantitative estimate of drug-likeness (QED) is 0.243. The summed E-state index contributed by atoms with van der Waals surface area (Å²) in [5.41, 5.74) is -1.61. The molecule has 0 bridgehead atoms. The van der Waals surface area contributed by atoms with Gasteiger partial charge < -0.3 is 23.7 Å². The average Bonchev–Trinajstić information content (AvgIpc) is 3.09. The molecule has 0 amide bonds. The van der Waals surface area contributed by atoms with Crippen LogP contribution in [0.1, 0.15) is 44.4 Å². The van der Waals surface area contributed by atoms with Crippen molar-refractivity contribution in [3.63, 3.8) is 0 Å². The number of hydrogen-bond acceptors (Lipinski definition) is 5. The van der Waals surface area contributed by atoms with Gasteiger partial charge in [0.1, 0.15) is 17.3 Å². The maximum atomic E-state index is 15.4. The molecule has 0 radical (unpaired) electrons. The first-order valence-electron chi connectivity index (χ1n) is 12.5. The Bertz CT molecular complexity index is 1230. The van der Waals surface area contributed by atoms with E-state index in [1.165, 1.54) is 6.07 Å². The van der Waals surface area contributed by atoms with Crippen LogP contribution in [0.3, 0.4) is 0 Å². The van der Waals surface area contributed by atoms with Crippen LogP contribution >= 0.6 is 0 Å². The highest BCUT2D eigenvalue weighted by atomic mass is 19.4. The van der Waals surface area contributed by atoms with E-state index in [2.05, 4.69) is 0 Å². The van der Waals surface area contributed by atoms with Gasteiger partial charge in [0, 0.05) is 18.8 Å². The maximum absolute atomic E-state index is 15.4. The van der Waals surface area contributed by atoms with Crippen molar-refractivity contribution < 1.29 is 36.3 Å². The Kier molecular flexibility index (Phi) is 7.92. The molecule has 1 aliphatic heterocycles. The summed E-state index contributed by atoms with van der Waals surface area (Å²) in [6.45, 7) is 7.54. The molecule has 0 atom stereocenters. The van der Waals surface area contributed by atoms with Gasteiger partial charge in [0.25, 0.3) is 0 Å². The van der Waals surface area contributed by atoms with Crippen LogP contribution in [0, 0.1) is 5.82 Å². The zero-order chi connectivity index (χ0) is 28.6. The summed E-state index contributed by atoms with van der Waals surface area (Å²) in [5, 5.41) is 0. The van der Waals surface area contributed by atoms with Gasteiger partial charge in [-0.3, -0.25) is 0 Å². The normalized spacial score (nSPS) is 16.3. The van der Waals surface area contributed by atoms with Crippen molar-refractivity contribution in [1.29, 1.82) is 0 Å². The van der Waals surface area contributed by atoms with E-state index in [9.17, 15) is 13.2 Å². The van der Waals surface area contributed by atoms with Crippen molar-refractivity contribution >= 4 is 18.3 Å². The van der Waals surface area contributed by atoms with E-state index in [1.807, 2.05) is 29.2 Å². The number of anilines is 1. The first kappa shape index (κ1) is 28.8. The fourth-order valence-electron chi connectivity index (χ4n) is 4.39. The molecule has 0 N–H and O–H groups in total. The largest absolute Gasteiger partial charge is 0.497 e. The van der Waals surface area contributed by atoms with Gasteiger partial charge in [0.2, 0.25) is 0 Å². The van der Waals surface area contributed by atoms with Crippen molar-refractivity contribution in [1.82, 2.24) is 0 Å². The van der Waals surface area contributed by atoms with E-state index in [-0.39, 0.29) is 5.69 Å². The zero-order valence-electron chi connectivity index (χ0n) is 22.9. The lowest BCUT2D eigenvalue weighted by Crippen LogP contribution is -2.41. The molecule has 39 heavy (non-hydrogen) atoms. The fraction of sp³-hybridized carbons (Fsp3) is 0.379. The molecular weight excluding hydrogens is 513 g/mol. The average molecular weight is 545 g/mol. The van der Waals surface area contributed by atoms with Gasteiger partial charge in [-0.15, -0.1) is 0 Å². The van der Waals surface area contributed by atoms with Gasteiger partial charge in [-0.05, 0) is 80.7 Å². The fourth-order valence-corrected chi connectivity index (χ4v) is 4.39. The summed E-state index contributed by atoms with van der Waals surface area (Å²) < 4.78 is 80.1. The van der Waals surface area contributed by atoms with Crippen molar-refractivity contribution in [3.8, 4) is 11.5 Å². The Balaban J connectivity index is 1.80. The molecule has 208 valence electrons. The maximum Gasteiger partial charge on any atom is 0.495 e. The van der Waals surface area contributed by atoms with Crippen LogP contribution in [0.15, 0.2) is 60.7 Å². The first-order valence-corrected chi connectivity index (χ1v) is 12.5. The van der Waals surface area contributed by atoms with Crippen LogP contribution in [0.5, 0.6) is 11.5 Å². The Morgan fingerprint density at radius 3 is 1.59 bits per heavy atom. The summed E-state index contributed by atoms with van der Waals surface area (Å²) >= 11 is 0.